The second kappa shape index (κ2) is 6.36. The van der Waals surface area contributed by atoms with Crippen molar-refractivity contribution in [3.8, 4) is 0 Å². The van der Waals surface area contributed by atoms with Crippen LogP contribution >= 0.6 is 11.3 Å². The SMILES string of the molecule is CS(=O)(=O)c1cccc(N2CCN(c3nccs3)CC2)c1[N+](=O)[O-]. The Hall–Kier alpha value is -2.20. The standard InChI is InChI=1S/C14H16N4O4S2/c1-24(21,22)12-4-2-3-11(13(12)18(19)20)16-6-8-17(9-7-16)14-15-5-10-23-14/h2-5,10H,6-9H2,1H3. The molecule has 0 bridgehead atoms. The van der Waals surface area contributed by atoms with Gasteiger partial charge in [0.15, 0.2) is 15.0 Å². The van der Waals surface area contributed by atoms with Crippen LogP contribution in [0.15, 0.2) is 34.7 Å². The molecule has 2 aromatic rings. The van der Waals surface area contributed by atoms with E-state index in [9.17, 15) is 18.5 Å². The number of rotatable bonds is 4. The van der Waals surface area contributed by atoms with Gasteiger partial charge in [0.25, 0.3) is 0 Å². The average Bonchev–Trinajstić information content (AvgIpc) is 3.08. The van der Waals surface area contributed by atoms with Crippen molar-refractivity contribution in [2.45, 2.75) is 4.90 Å². The Balaban J connectivity index is 1.89. The number of nitrogens with zero attached hydrogens (tertiary/aromatic N) is 4. The molecule has 24 heavy (non-hydrogen) atoms. The number of nitro benzene ring substituents is 1. The fraction of sp³-hybridized carbons (Fsp3) is 0.357. The van der Waals surface area contributed by atoms with E-state index in [4.69, 9.17) is 0 Å². The van der Waals surface area contributed by atoms with Gasteiger partial charge in [0.2, 0.25) is 0 Å². The molecule has 0 saturated carbocycles. The molecule has 0 aliphatic carbocycles. The lowest BCUT2D eigenvalue weighted by molar-refractivity contribution is -0.387. The van der Waals surface area contributed by atoms with Gasteiger partial charge in [0.05, 0.1) is 4.92 Å². The number of benzene rings is 1. The molecular weight excluding hydrogens is 352 g/mol. The maximum absolute atomic E-state index is 11.9. The molecule has 0 spiro atoms. The predicted molar refractivity (Wildman–Crippen MR) is 92.7 cm³/mol. The first-order valence-electron chi connectivity index (χ1n) is 7.25. The average molecular weight is 368 g/mol. The summed E-state index contributed by atoms with van der Waals surface area (Å²) in [6, 6.07) is 4.43. The highest BCUT2D eigenvalue weighted by Crippen LogP contribution is 2.35. The van der Waals surface area contributed by atoms with E-state index in [1.54, 1.807) is 29.7 Å². The summed E-state index contributed by atoms with van der Waals surface area (Å²) in [6.45, 7) is 2.48. The van der Waals surface area contributed by atoms with Gasteiger partial charge in [-0.2, -0.15) is 0 Å². The Bertz CT molecular complexity index is 844. The fourth-order valence-electron chi connectivity index (χ4n) is 2.76. The summed E-state index contributed by atoms with van der Waals surface area (Å²) in [5.74, 6) is 0. The van der Waals surface area contributed by atoms with E-state index in [1.807, 2.05) is 10.3 Å². The maximum atomic E-state index is 11.9. The van der Waals surface area contributed by atoms with Gasteiger partial charge in [-0.25, -0.2) is 13.4 Å². The molecule has 0 atom stereocenters. The molecule has 128 valence electrons. The van der Waals surface area contributed by atoms with Crippen LogP contribution in [0.4, 0.5) is 16.5 Å². The number of aromatic nitrogens is 1. The number of thiazole rings is 1. The van der Waals surface area contributed by atoms with Crippen LogP contribution in [-0.4, -0.2) is 50.8 Å². The zero-order valence-electron chi connectivity index (χ0n) is 13.0. The molecule has 1 saturated heterocycles. The number of hydrogen-bond acceptors (Lipinski definition) is 8. The number of sulfone groups is 1. The summed E-state index contributed by atoms with van der Waals surface area (Å²) >= 11 is 1.55. The number of anilines is 2. The lowest BCUT2D eigenvalue weighted by Crippen LogP contribution is -2.46. The van der Waals surface area contributed by atoms with Crippen LogP contribution in [0.3, 0.4) is 0 Å². The van der Waals surface area contributed by atoms with Crippen LogP contribution < -0.4 is 9.80 Å². The highest BCUT2D eigenvalue weighted by molar-refractivity contribution is 7.90. The third-order valence-corrected chi connectivity index (χ3v) is 5.83. The van der Waals surface area contributed by atoms with Crippen LogP contribution in [0.5, 0.6) is 0 Å². The quantitative estimate of drug-likeness (QED) is 0.599. The van der Waals surface area contributed by atoms with Crippen molar-refractivity contribution in [1.29, 1.82) is 0 Å². The molecule has 1 aromatic heterocycles. The Morgan fingerprint density at radius 3 is 2.42 bits per heavy atom. The van der Waals surface area contributed by atoms with E-state index in [0.29, 0.717) is 31.9 Å². The monoisotopic (exact) mass is 368 g/mol. The molecule has 1 aliphatic heterocycles. The van der Waals surface area contributed by atoms with E-state index in [2.05, 4.69) is 9.88 Å². The number of para-hydroxylation sites is 1. The normalized spacial score (nSPS) is 15.5. The van der Waals surface area contributed by atoms with Gasteiger partial charge >= 0.3 is 5.69 Å². The van der Waals surface area contributed by atoms with E-state index in [1.165, 1.54) is 6.07 Å². The lowest BCUT2D eigenvalue weighted by Gasteiger charge is -2.35. The summed E-state index contributed by atoms with van der Waals surface area (Å²) in [7, 11) is -3.67. The topological polar surface area (TPSA) is 96.7 Å². The van der Waals surface area contributed by atoms with Crippen LogP contribution in [0, 0.1) is 10.1 Å². The van der Waals surface area contributed by atoms with Crippen molar-refractivity contribution in [2.24, 2.45) is 0 Å². The summed E-state index contributed by atoms with van der Waals surface area (Å²) in [4.78, 5) is 18.9. The van der Waals surface area contributed by atoms with Crippen molar-refractivity contribution in [1.82, 2.24) is 4.98 Å². The number of piperazine rings is 1. The van der Waals surface area contributed by atoms with Crippen LogP contribution in [-0.2, 0) is 9.84 Å². The van der Waals surface area contributed by atoms with Crippen molar-refractivity contribution >= 4 is 37.7 Å². The molecular formula is C14H16N4O4S2. The first-order chi connectivity index (χ1) is 11.4. The Morgan fingerprint density at radius 1 is 1.21 bits per heavy atom. The Kier molecular flexibility index (Phi) is 4.41. The highest BCUT2D eigenvalue weighted by atomic mass is 32.2. The zero-order valence-corrected chi connectivity index (χ0v) is 14.6. The molecule has 0 radical (unpaired) electrons. The van der Waals surface area contributed by atoms with Gasteiger partial charge in [-0.1, -0.05) is 6.07 Å². The molecule has 10 heteroatoms. The largest absolute Gasteiger partial charge is 0.362 e. The van der Waals surface area contributed by atoms with Crippen LogP contribution in [0.1, 0.15) is 0 Å². The predicted octanol–water partition coefficient (Wildman–Crippen LogP) is 1.78. The van der Waals surface area contributed by atoms with Gasteiger partial charge in [-0.3, -0.25) is 10.1 Å². The van der Waals surface area contributed by atoms with Gasteiger partial charge < -0.3 is 9.80 Å². The van der Waals surface area contributed by atoms with E-state index < -0.39 is 14.8 Å². The first kappa shape index (κ1) is 16.7. The Labute approximate surface area is 143 Å². The number of hydrogen-bond donors (Lipinski definition) is 0. The second-order valence-corrected chi connectivity index (χ2v) is 8.30. The van der Waals surface area contributed by atoms with Crippen molar-refractivity contribution < 1.29 is 13.3 Å². The molecule has 0 amide bonds. The minimum atomic E-state index is -3.67. The summed E-state index contributed by atoms with van der Waals surface area (Å²) in [5, 5.41) is 14.3. The molecule has 8 nitrogen and oxygen atoms in total. The molecule has 1 fully saturated rings. The fourth-order valence-corrected chi connectivity index (χ4v) is 4.31. The van der Waals surface area contributed by atoms with Crippen LogP contribution in [0.2, 0.25) is 0 Å². The van der Waals surface area contributed by atoms with E-state index in [0.717, 1.165) is 11.4 Å². The lowest BCUT2D eigenvalue weighted by atomic mass is 10.2. The van der Waals surface area contributed by atoms with Crippen molar-refractivity contribution in [3.63, 3.8) is 0 Å². The van der Waals surface area contributed by atoms with Crippen molar-refractivity contribution in [2.75, 3.05) is 42.2 Å². The van der Waals surface area contributed by atoms with Gasteiger partial charge in [-0.05, 0) is 12.1 Å². The van der Waals surface area contributed by atoms with Crippen LogP contribution in [0.25, 0.3) is 0 Å². The molecule has 0 N–H and O–H groups in total. The summed E-state index contributed by atoms with van der Waals surface area (Å²) in [6.07, 6.45) is 2.73. The minimum Gasteiger partial charge on any atom is -0.362 e. The van der Waals surface area contributed by atoms with E-state index in [-0.39, 0.29) is 10.6 Å². The van der Waals surface area contributed by atoms with E-state index >= 15 is 0 Å². The third-order valence-electron chi connectivity index (χ3n) is 3.87. The zero-order chi connectivity index (χ0) is 17.3. The molecule has 3 rings (SSSR count). The summed E-state index contributed by atoms with van der Waals surface area (Å²) in [5.41, 5.74) is 0.00409. The highest BCUT2D eigenvalue weighted by Gasteiger charge is 2.30. The first-order valence-corrected chi connectivity index (χ1v) is 10.0. The van der Waals surface area contributed by atoms with Crippen molar-refractivity contribution in [3.05, 3.63) is 39.9 Å². The third kappa shape index (κ3) is 3.20. The molecule has 0 unspecified atom stereocenters. The Morgan fingerprint density at radius 2 is 1.88 bits per heavy atom. The minimum absolute atomic E-state index is 0.243. The van der Waals surface area contributed by atoms with Gasteiger partial charge in [-0.15, -0.1) is 11.3 Å². The van der Waals surface area contributed by atoms with Gasteiger partial charge in [0, 0.05) is 44.0 Å². The molecule has 1 aliphatic rings. The molecule has 2 heterocycles. The molecule has 1 aromatic carbocycles. The summed E-state index contributed by atoms with van der Waals surface area (Å²) < 4.78 is 23.7. The van der Waals surface area contributed by atoms with Gasteiger partial charge in [0.1, 0.15) is 10.6 Å². The smallest absolute Gasteiger partial charge is 0.311 e. The second-order valence-electron chi connectivity index (χ2n) is 5.44. The maximum Gasteiger partial charge on any atom is 0.311 e. The number of nitro groups is 1.